The molecule has 1 aromatic carbocycles. The summed E-state index contributed by atoms with van der Waals surface area (Å²) in [6, 6.07) is 5.76. The van der Waals surface area contributed by atoms with Crippen LogP contribution in [0.3, 0.4) is 0 Å². The molecule has 0 saturated carbocycles. The van der Waals surface area contributed by atoms with Crippen LogP contribution in [0.2, 0.25) is 0 Å². The standard InChI is InChI=1S/C16H16F2O3/c17-13-8-12(15-2-1-5-20-15)9-14(18)16(13)21-10-11-3-6-19-7-4-11/h1-2,5,8-9,11H,3-4,6-7,10H2. The third-order valence-electron chi connectivity index (χ3n) is 3.61. The molecule has 1 saturated heterocycles. The van der Waals surface area contributed by atoms with E-state index in [-0.39, 0.29) is 11.7 Å². The second-order valence-corrected chi connectivity index (χ2v) is 5.11. The quantitative estimate of drug-likeness (QED) is 0.853. The largest absolute Gasteiger partial charge is 0.487 e. The van der Waals surface area contributed by atoms with Crippen LogP contribution in [-0.2, 0) is 4.74 Å². The SMILES string of the molecule is Fc1cc(-c2ccco2)cc(F)c1OCC1CCOCC1. The fourth-order valence-corrected chi connectivity index (χ4v) is 2.40. The smallest absolute Gasteiger partial charge is 0.190 e. The lowest BCUT2D eigenvalue weighted by Gasteiger charge is -2.22. The van der Waals surface area contributed by atoms with E-state index >= 15 is 0 Å². The second kappa shape index (κ2) is 6.26. The van der Waals surface area contributed by atoms with Crippen molar-refractivity contribution >= 4 is 0 Å². The van der Waals surface area contributed by atoms with Crippen molar-refractivity contribution in [1.29, 1.82) is 0 Å². The first kappa shape index (κ1) is 14.1. The summed E-state index contributed by atoms with van der Waals surface area (Å²) in [4.78, 5) is 0. The molecule has 0 N–H and O–H groups in total. The number of hydrogen-bond acceptors (Lipinski definition) is 3. The average molecular weight is 294 g/mol. The van der Waals surface area contributed by atoms with Crippen molar-refractivity contribution in [1.82, 2.24) is 0 Å². The number of hydrogen-bond donors (Lipinski definition) is 0. The second-order valence-electron chi connectivity index (χ2n) is 5.11. The van der Waals surface area contributed by atoms with Gasteiger partial charge in [0.1, 0.15) is 5.76 Å². The zero-order chi connectivity index (χ0) is 14.7. The lowest BCUT2D eigenvalue weighted by molar-refractivity contribution is 0.0485. The van der Waals surface area contributed by atoms with Gasteiger partial charge in [-0.2, -0.15) is 0 Å². The zero-order valence-corrected chi connectivity index (χ0v) is 11.5. The highest BCUT2D eigenvalue weighted by molar-refractivity contribution is 5.59. The predicted octanol–water partition coefficient (Wildman–Crippen LogP) is 4.03. The summed E-state index contributed by atoms with van der Waals surface area (Å²) in [5.41, 5.74) is 0.355. The number of ether oxygens (including phenoxy) is 2. The predicted molar refractivity (Wildman–Crippen MR) is 73.1 cm³/mol. The van der Waals surface area contributed by atoms with Crippen molar-refractivity contribution < 1.29 is 22.7 Å². The van der Waals surface area contributed by atoms with Crippen LogP contribution in [0.1, 0.15) is 12.8 Å². The van der Waals surface area contributed by atoms with Crippen LogP contribution in [-0.4, -0.2) is 19.8 Å². The van der Waals surface area contributed by atoms with Gasteiger partial charge in [0, 0.05) is 18.8 Å². The van der Waals surface area contributed by atoms with Crippen LogP contribution >= 0.6 is 0 Å². The zero-order valence-electron chi connectivity index (χ0n) is 11.5. The molecule has 21 heavy (non-hydrogen) atoms. The van der Waals surface area contributed by atoms with E-state index in [1.165, 1.54) is 18.4 Å². The fraction of sp³-hybridized carbons (Fsp3) is 0.375. The van der Waals surface area contributed by atoms with Crippen LogP contribution in [0, 0.1) is 17.6 Å². The van der Waals surface area contributed by atoms with Gasteiger partial charge in [-0.15, -0.1) is 0 Å². The minimum Gasteiger partial charge on any atom is -0.487 e. The molecule has 1 aromatic heterocycles. The van der Waals surface area contributed by atoms with E-state index in [0.29, 0.717) is 31.1 Å². The summed E-state index contributed by atoms with van der Waals surface area (Å²) >= 11 is 0. The monoisotopic (exact) mass is 294 g/mol. The van der Waals surface area contributed by atoms with Crippen molar-refractivity contribution in [3.63, 3.8) is 0 Å². The van der Waals surface area contributed by atoms with Crippen LogP contribution < -0.4 is 4.74 Å². The summed E-state index contributed by atoms with van der Waals surface area (Å²) in [6.45, 7) is 1.66. The third-order valence-corrected chi connectivity index (χ3v) is 3.61. The number of furan rings is 1. The van der Waals surface area contributed by atoms with Crippen LogP contribution in [0.15, 0.2) is 34.9 Å². The molecule has 112 valence electrons. The molecule has 2 aromatic rings. The molecule has 0 aliphatic carbocycles. The fourth-order valence-electron chi connectivity index (χ4n) is 2.40. The molecule has 1 fully saturated rings. The molecule has 3 rings (SSSR count). The lowest BCUT2D eigenvalue weighted by atomic mass is 10.0. The van der Waals surface area contributed by atoms with Gasteiger partial charge in [-0.3, -0.25) is 0 Å². The van der Waals surface area contributed by atoms with Gasteiger partial charge < -0.3 is 13.9 Å². The van der Waals surface area contributed by atoms with E-state index in [2.05, 4.69) is 0 Å². The summed E-state index contributed by atoms with van der Waals surface area (Å²) in [5.74, 6) is -1.05. The van der Waals surface area contributed by atoms with Gasteiger partial charge in [-0.05, 0) is 43.0 Å². The van der Waals surface area contributed by atoms with E-state index in [4.69, 9.17) is 13.9 Å². The van der Waals surface area contributed by atoms with E-state index in [1.54, 1.807) is 12.1 Å². The van der Waals surface area contributed by atoms with Crippen molar-refractivity contribution in [2.24, 2.45) is 5.92 Å². The van der Waals surface area contributed by atoms with Gasteiger partial charge in [0.2, 0.25) is 0 Å². The Morgan fingerprint density at radius 2 is 1.86 bits per heavy atom. The van der Waals surface area contributed by atoms with Crippen molar-refractivity contribution in [2.45, 2.75) is 12.8 Å². The van der Waals surface area contributed by atoms with Gasteiger partial charge >= 0.3 is 0 Å². The number of benzene rings is 1. The Morgan fingerprint density at radius 3 is 2.48 bits per heavy atom. The van der Waals surface area contributed by atoms with E-state index in [9.17, 15) is 8.78 Å². The van der Waals surface area contributed by atoms with E-state index < -0.39 is 11.6 Å². The summed E-state index contributed by atoms with van der Waals surface area (Å²) in [5, 5.41) is 0. The minimum atomic E-state index is -0.714. The Bertz CT molecular complexity index is 567. The highest BCUT2D eigenvalue weighted by Crippen LogP contribution is 2.30. The molecule has 5 heteroatoms. The first-order valence-electron chi connectivity index (χ1n) is 6.97. The van der Waals surface area contributed by atoms with Crippen molar-refractivity contribution in [2.75, 3.05) is 19.8 Å². The molecular formula is C16H16F2O3. The maximum atomic E-state index is 14.0. The molecule has 0 unspecified atom stereocenters. The Morgan fingerprint density at radius 1 is 1.14 bits per heavy atom. The van der Waals surface area contributed by atoms with Crippen molar-refractivity contribution in [3.8, 4) is 17.1 Å². The molecule has 0 bridgehead atoms. The first-order valence-corrected chi connectivity index (χ1v) is 6.97. The topological polar surface area (TPSA) is 31.6 Å². The maximum Gasteiger partial charge on any atom is 0.190 e. The Labute approximate surface area is 121 Å². The molecule has 1 aliphatic heterocycles. The average Bonchev–Trinajstić information content (AvgIpc) is 3.01. The molecular weight excluding hydrogens is 278 g/mol. The lowest BCUT2D eigenvalue weighted by Crippen LogP contribution is -2.22. The third kappa shape index (κ3) is 3.24. The van der Waals surface area contributed by atoms with Crippen LogP contribution in [0.4, 0.5) is 8.78 Å². The van der Waals surface area contributed by atoms with Gasteiger partial charge in [0.05, 0.1) is 12.9 Å². The molecule has 2 heterocycles. The van der Waals surface area contributed by atoms with Gasteiger partial charge in [0.25, 0.3) is 0 Å². The normalized spacial score (nSPS) is 16.1. The Kier molecular flexibility index (Phi) is 4.20. The minimum absolute atomic E-state index is 0.280. The molecule has 3 nitrogen and oxygen atoms in total. The first-order chi connectivity index (χ1) is 10.2. The van der Waals surface area contributed by atoms with Crippen LogP contribution in [0.25, 0.3) is 11.3 Å². The van der Waals surface area contributed by atoms with Gasteiger partial charge in [0.15, 0.2) is 17.4 Å². The highest BCUT2D eigenvalue weighted by Gasteiger charge is 2.18. The van der Waals surface area contributed by atoms with Gasteiger partial charge in [-0.1, -0.05) is 0 Å². The maximum absolute atomic E-state index is 14.0. The van der Waals surface area contributed by atoms with E-state index in [0.717, 1.165) is 12.8 Å². The van der Waals surface area contributed by atoms with E-state index in [1.807, 2.05) is 0 Å². The summed E-state index contributed by atoms with van der Waals surface area (Å²) < 4.78 is 43.8. The Balaban J connectivity index is 1.73. The highest BCUT2D eigenvalue weighted by atomic mass is 19.1. The molecule has 0 spiro atoms. The summed E-state index contributed by atoms with van der Waals surface area (Å²) in [6.07, 6.45) is 3.17. The molecule has 0 amide bonds. The number of halogens is 2. The molecule has 0 atom stereocenters. The molecule has 0 radical (unpaired) electrons. The van der Waals surface area contributed by atoms with Gasteiger partial charge in [-0.25, -0.2) is 8.78 Å². The molecule has 1 aliphatic rings. The van der Waals surface area contributed by atoms with Crippen molar-refractivity contribution in [3.05, 3.63) is 42.2 Å². The Hall–Kier alpha value is -1.88. The number of rotatable bonds is 4. The van der Waals surface area contributed by atoms with Crippen LogP contribution in [0.5, 0.6) is 5.75 Å². The summed E-state index contributed by atoms with van der Waals surface area (Å²) in [7, 11) is 0.